The number of nitrogens with zero attached hydrogens (tertiary/aromatic N) is 7. The second kappa shape index (κ2) is 7.29. The summed E-state index contributed by atoms with van der Waals surface area (Å²) >= 11 is 0. The van der Waals surface area contributed by atoms with Gasteiger partial charge in [0.05, 0.1) is 39.6 Å². The van der Waals surface area contributed by atoms with Gasteiger partial charge >= 0.3 is 0 Å². The monoisotopic (exact) mass is 547 g/mol. The zero-order chi connectivity index (χ0) is 26.9. The molecule has 0 radical (unpaired) electrons. The van der Waals surface area contributed by atoms with Crippen molar-refractivity contribution in [1.29, 1.82) is 0 Å². The Morgan fingerprint density at radius 2 is 1.87 bits per heavy atom. The maximum absolute atomic E-state index is 14.5. The Labute approximate surface area is 222 Å². The highest BCUT2D eigenvalue weighted by Crippen LogP contribution is 2.90. The highest BCUT2D eigenvalue weighted by Gasteiger charge is 2.87. The molecule has 4 atom stereocenters. The summed E-state index contributed by atoms with van der Waals surface area (Å²) in [5.41, 5.74) is 2.86. The molecule has 0 bridgehead atoms. The van der Waals surface area contributed by atoms with Crippen molar-refractivity contribution in [2.24, 2.45) is 17.3 Å². The number of halogens is 2. The Bertz CT molecular complexity index is 1810. The molecule has 9 nitrogen and oxygen atoms in total. The zero-order valence-corrected chi connectivity index (χ0v) is 22.0. The molecule has 8 rings (SSSR count). The summed E-state index contributed by atoms with van der Waals surface area (Å²) < 4.78 is 53.6. The van der Waals surface area contributed by atoms with E-state index in [1.54, 1.807) is 12.4 Å². The fraction of sp³-hybridized carbons (Fsp3) is 0.407. The highest BCUT2D eigenvalue weighted by atomic mass is 32.2. The van der Waals surface area contributed by atoms with Crippen LogP contribution in [0.2, 0.25) is 0 Å². The molecule has 3 aromatic heterocycles. The standard InChI is InChI=1S/C27H23F2N7O2S/c1-13-6-20(32-25(31-13)36-12-30-21(35-36)7-14-10-39(37,38)11-14)27-9-16-23(26(16,27)2)15-8-19(33-34-24(15)27)22-17(28)4-3-5-18(22)29/h3-6,8,12,14,16,23H,7,9-11H2,1-2H3/t16?,23-,26?,27+/m1/s1. The van der Waals surface area contributed by atoms with Gasteiger partial charge in [0, 0.05) is 12.1 Å². The van der Waals surface area contributed by atoms with E-state index in [0.717, 1.165) is 29.1 Å². The molecule has 3 fully saturated rings. The van der Waals surface area contributed by atoms with Gasteiger partial charge in [0.2, 0.25) is 0 Å². The summed E-state index contributed by atoms with van der Waals surface area (Å²) in [6.07, 6.45) is 2.92. The van der Waals surface area contributed by atoms with Crippen molar-refractivity contribution in [3.8, 4) is 17.2 Å². The molecule has 4 aliphatic rings. The maximum atomic E-state index is 14.5. The molecule has 4 aromatic rings. The molecule has 12 heteroatoms. The molecule has 0 N–H and O–H groups in total. The van der Waals surface area contributed by atoms with E-state index in [0.29, 0.717) is 24.1 Å². The first kappa shape index (κ1) is 23.2. The molecule has 0 spiro atoms. The Morgan fingerprint density at radius 1 is 1.10 bits per heavy atom. The number of hydrogen-bond donors (Lipinski definition) is 0. The summed E-state index contributed by atoms with van der Waals surface area (Å²) in [5.74, 6) is 0.663. The topological polar surface area (TPSA) is 116 Å². The normalized spacial score (nSPS) is 29.3. The Kier molecular flexibility index (Phi) is 4.34. The third-order valence-electron chi connectivity index (χ3n) is 9.41. The van der Waals surface area contributed by atoms with Gasteiger partial charge in [-0.3, -0.25) is 0 Å². The highest BCUT2D eigenvalue weighted by molar-refractivity contribution is 7.92. The molecule has 39 heavy (non-hydrogen) atoms. The van der Waals surface area contributed by atoms with Crippen molar-refractivity contribution >= 4 is 9.84 Å². The minimum absolute atomic E-state index is 0.0358. The average molecular weight is 548 g/mol. The number of benzene rings is 1. The lowest BCUT2D eigenvalue weighted by Crippen LogP contribution is -2.47. The van der Waals surface area contributed by atoms with Crippen LogP contribution in [0.5, 0.6) is 0 Å². The lowest BCUT2D eigenvalue weighted by molar-refractivity contribution is 0.159. The van der Waals surface area contributed by atoms with Crippen molar-refractivity contribution in [2.45, 2.75) is 38.0 Å². The SMILES string of the molecule is Cc1cc([C@@]23CC4[C@@H](c5cc(-c6c(F)cccc6F)nnc52)C43C)nc(-n2cnc(CC3CS(=O)(=O)C3)n2)n1. The van der Waals surface area contributed by atoms with Gasteiger partial charge < -0.3 is 0 Å². The van der Waals surface area contributed by atoms with Crippen LogP contribution in [0.4, 0.5) is 8.78 Å². The molecule has 2 unspecified atom stereocenters. The van der Waals surface area contributed by atoms with Gasteiger partial charge in [0.25, 0.3) is 5.95 Å². The summed E-state index contributed by atoms with van der Waals surface area (Å²) in [6.45, 7) is 4.13. The zero-order valence-electron chi connectivity index (χ0n) is 21.1. The van der Waals surface area contributed by atoms with Gasteiger partial charge in [-0.1, -0.05) is 13.0 Å². The molecule has 1 saturated heterocycles. The fourth-order valence-electron chi connectivity index (χ4n) is 7.57. The predicted molar refractivity (Wildman–Crippen MR) is 135 cm³/mol. The van der Waals surface area contributed by atoms with Crippen molar-refractivity contribution in [2.75, 3.05) is 11.5 Å². The van der Waals surface area contributed by atoms with E-state index in [1.807, 2.05) is 13.0 Å². The van der Waals surface area contributed by atoms with E-state index in [9.17, 15) is 17.2 Å². The smallest absolute Gasteiger partial charge is 0.229 e. The summed E-state index contributed by atoms with van der Waals surface area (Å²) in [4.78, 5) is 13.9. The van der Waals surface area contributed by atoms with E-state index in [4.69, 9.17) is 4.98 Å². The van der Waals surface area contributed by atoms with E-state index in [-0.39, 0.29) is 40.0 Å². The summed E-state index contributed by atoms with van der Waals surface area (Å²) in [6, 6.07) is 7.55. The van der Waals surface area contributed by atoms with Gasteiger partial charge in [0.1, 0.15) is 18.0 Å². The number of rotatable bonds is 5. The largest absolute Gasteiger partial charge is 0.252 e. The second-order valence-corrected chi connectivity index (χ2v) is 13.7. The van der Waals surface area contributed by atoms with Crippen LogP contribution in [0, 0.1) is 35.8 Å². The first-order valence-electron chi connectivity index (χ1n) is 12.9. The van der Waals surface area contributed by atoms with Crippen LogP contribution in [-0.2, 0) is 21.7 Å². The van der Waals surface area contributed by atoms with Crippen molar-refractivity contribution in [3.05, 3.63) is 76.8 Å². The van der Waals surface area contributed by atoms with Gasteiger partial charge in [-0.2, -0.15) is 9.78 Å². The minimum Gasteiger partial charge on any atom is -0.229 e. The Balaban J connectivity index is 1.17. The lowest BCUT2D eigenvalue weighted by Gasteiger charge is -2.46. The fourth-order valence-corrected chi connectivity index (χ4v) is 9.15. The molecule has 4 heterocycles. The molecule has 1 aromatic carbocycles. The van der Waals surface area contributed by atoms with Crippen molar-refractivity contribution in [1.82, 2.24) is 34.9 Å². The van der Waals surface area contributed by atoms with Crippen LogP contribution < -0.4 is 0 Å². The molecule has 0 amide bonds. The average Bonchev–Trinajstić information content (AvgIpc) is 3.15. The van der Waals surface area contributed by atoms with Gasteiger partial charge in [-0.15, -0.1) is 10.2 Å². The molecular weight excluding hydrogens is 524 g/mol. The number of aromatic nitrogens is 7. The third kappa shape index (κ3) is 2.95. The summed E-state index contributed by atoms with van der Waals surface area (Å²) in [7, 11) is -2.91. The van der Waals surface area contributed by atoms with Crippen LogP contribution in [0.15, 0.2) is 36.7 Å². The Hall–Kier alpha value is -3.67. The van der Waals surface area contributed by atoms with Crippen LogP contribution in [0.3, 0.4) is 0 Å². The predicted octanol–water partition coefficient (Wildman–Crippen LogP) is 3.11. The summed E-state index contributed by atoms with van der Waals surface area (Å²) in [5, 5.41) is 13.4. The third-order valence-corrected chi connectivity index (χ3v) is 11.4. The van der Waals surface area contributed by atoms with E-state index < -0.39 is 26.9 Å². The molecule has 198 valence electrons. The minimum atomic E-state index is -2.91. The van der Waals surface area contributed by atoms with Crippen LogP contribution >= 0.6 is 0 Å². The van der Waals surface area contributed by atoms with Crippen molar-refractivity contribution < 1.29 is 17.2 Å². The van der Waals surface area contributed by atoms with Gasteiger partial charge in [-0.05, 0) is 66.3 Å². The molecular formula is C27H23F2N7O2S. The number of hydrogen-bond acceptors (Lipinski definition) is 8. The van der Waals surface area contributed by atoms with Gasteiger partial charge in [0.15, 0.2) is 15.7 Å². The number of sulfone groups is 1. The second-order valence-electron chi connectivity index (χ2n) is 11.6. The van der Waals surface area contributed by atoms with E-state index in [1.165, 1.54) is 22.9 Å². The molecule has 3 aliphatic carbocycles. The maximum Gasteiger partial charge on any atom is 0.252 e. The number of fused-ring (bicyclic) bond motifs is 4. The quantitative estimate of drug-likeness (QED) is 0.374. The lowest BCUT2D eigenvalue weighted by atomic mass is 9.57. The van der Waals surface area contributed by atoms with Crippen LogP contribution in [0.25, 0.3) is 17.2 Å². The van der Waals surface area contributed by atoms with Gasteiger partial charge in [-0.25, -0.2) is 32.2 Å². The van der Waals surface area contributed by atoms with E-state index in [2.05, 4.69) is 32.2 Å². The molecule has 2 saturated carbocycles. The Morgan fingerprint density at radius 3 is 2.62 bits per heavy atom. The van der Waals surface area contributed by atoms with Crippen molar-refractivity contribution in [3.63, 3.8) is 0 Å². The first-order valence-corrected chi connectivity index (χ1v) is 14.7. The number of aryl methyl sites for hydroxylation is 1. The van der Waals surface area contributed by atoms with Crippen LogP contribution in [-0.4, -0.2) is 54.9 Å². The van der Waals surface area contributed by atoms with E-state index >= 15 is 0 Å². The van der Waals surface area contributed by atoms with Crippen LogP contribution in [0.1, 0.15) is 47.7 Å². The molecule has 1 aliphatic heterocycles. The first-order chi connectivity index (χ1) is 18.6.